The molecular weight excluding hydrogens is 343 g/mol. The molecule has 0 spiro atoms. The highest BCUT2D eigenvalue weighted by Gasteiger charge is 2.21. The van der Waals surface area contributed by atoms with Gasteiger partial charge in [-0.3, -0.25) is 4.72 Å². The summed E-state index contributed by atoms with van der Waals surface area (Å²) in [5.74, 6) is -0.0312. The number of sulfonamides is 1. The predicted octanol–water partition coefficient (Wildman–Crippen LogP) is 3.54. The van der Waals surface area contributed by atoms with Crippen LogP contribution in [0.5, 0.6) is 5.75 Å². The molecule has 2 aromatic rings. The number of nitrogens with zero attached hydrogens (tertiary/aromatic N) is 1. The SMILES string of the molecule is COc1ccc(N2CCCC2)cc1NS(=O)(=O)c1ccc(F)cc1C. The van der Waals surface area contributed by atoms with Crippen molar-refractivity contribution in [1.82, 2.24) is 0 Å². The molecule has 0 aliphatic carbocycles. The van der Waals surface area contributed by atoms with Gasteiger partial charge in [-0.25, -0.2) is 12.8 Å². The molecule has 0 amide bonds. The van der Waals surface area contributed by atoms with Crippen LogP contribution in [0.3, 0.4) is 0 Å². The van der Waals surface area contributed by atoms with Crippen molar-refractivity contribution in [1.29, 1.82) is 0 Å². The molecule has 1 aliphatic heterocycles. The molecule has 0 aromatic heterocycles. The van der Waals surface area contributed by atoms with Crippen molar-refractivity contribution < 1.29 is 17.5 Å². The van der Waals surface area contributed by atoms with E-state index in [0.29, 0.717) is 17.0 Å². The molecule has 0 saturated carbocycles. The fourth-order valence-electron chi connectivity index (χ4n) is 3.06. The lowest BCUT2D eigenvalue weighted by atomic mass is 10.2. The zero-order chi connectivity index (χ0) is 18.0. The largest absolute Gasteiger partial charge is 0.495 e. The summed E-state index contributed by atoms with van der Waals surface area (Å²) in [5, 5.41) is 0. The van der Waals surface area contributed by atoms with Crippen LogP contribution in [-0.2, 0) is 10.0 Å². The average Bonchev–Trinajstić information content (AvgIpc) is 3.08. The monoisotopic (exact) mass is 364 g/mol. The number of hydrogen-bond acceptors (Lipinski definition) is 4. The number of aryl methyl sites for hydroxylation is 1. The van der Waals surface area contributed by atoms with E-state index in [1.807, 2.05) is 6.07 Å². The Labute approximate surface area is 147 Å². The van der Waals surface area contributed by atoms with Gasteiger partial charge in [0, 0.05) is 18.8 Å². The van der Waals surface area contributed by atoms with Crippen molar-refractivity contribution in [2.75, 3.05) is 29.8 Å². The number of nitrogens with one attached hydrogen (secondary N) is 1. The van der Waals surface area contributed by atoms with Crippen LogP contribution in [-0.4, -0.2) is 28.6 Å². The molecule has 3 rings (SSSR count). The van der Waals surface area contributed by atoms with E-state index in [1.54, 1.807) is 19.1 Å². The van der Waals surface area contributed by atoms with Crippen LogP contribution >= 0.6 is 0 Å². The van der Waals surface area contributed by atoms with E-state index in [1.165, 1.54) is 19.2 Å². The van der Waals surface area contributed by atoms with E-state index in [0.717, 1.165) is 37.7 Å². The Balaban J connectivity index is 1.96. The number of halogens is 1. The van der Waals surface area contributed by atoms with Crippen LogP contribution < -0.4 is 14.4 Å². The Morgan fingerprint density at radius 3 is 2.48 bits per heavy atom. The van der Waals surface area contributed by atoms with Crippen molar-refractivity contribution in [3.8, 4) is 5.75 Å². The molecule has 2 aromatic carbocycles. The maximum atomic E-state index is 13.3. The first-order valence-electron chi connectivity index (χ1n) is 8.13. The van der Waals surface area contributed by atoms with Crippen LogP contribution in [0.25, 0.3) is 0 Å². The van der Waals surface area contributed by atoms with Gasteiger partial charge in [0.05, 0.1) is 17.7 Å². The van der Waals surface area contributed by atoms with E-state index in [9.17, 15) is 12.8 Å². The second kappa shape index (κ2) is 6.92. The molecule has 134 valence electrons. The summed E-state index contributed by atoms with van der Waals surface area (Å²) in [7, 11) is -2.36. The van der Waals surface area contributed by atoms with E-state index < -0.39 is 15.8 Å². The number of benzene rings is 2. The molecule has 0 bridgehead atoms. The summed E-state index contributed by atoms with van der Waals surface area (Å²) in [6.07, 6.45) is 2.25. The summed E-state index contributed by atoms with van der Waals surface area (Å²) in [5.41, 5.74) is 1.67. The van der Waals surface area contributed by atoms with Gasteiger partial charge in [0.15, 0.2) is 0 Å². The predicted molar refractivity (Wildman–Crippen MR) is 96.4 cm³/mol. The molecule has 1 N–H and O–H groups in total. The maximum absolute atomic E-state index is 13.3. The number of methoxy groups -OCH3 is 1. The first-order chi connectivity index (χ1) is 11.9. The topological polar surface area (TPSA) is 58.6 Å². The van der Waals surface area contributed by atoms with Gasteiger partial charge >= 0.3 is 0 Å². The first kappa shape index (κ1) is 17.5. The van der Waals surface area contributed by atoms with Crippen LogP contribution in [0, 0.1) is 12.7 Å². The Morgan fingerprint density at radius 1 is 1.12 bits per heavy atom. The lowest BCUT2D eigenvalue weighted by molar-refractivity contribution is 0.417. The smallest absolute Gasteiger partial charge is 0.262 e. The number of anilines is 2. The van der Waals surface area contributed by atoms with Crippen molar-refractivity contribution in [3.63, 3.8) is 0 Å². The van der Waals surface area contributed by atoms with Gasteiger partial charge in [-0.2, -0.15) is 0 Å². The minimum absolute atomic E-state index is 0.0440. The third-order valence-corrected chi connectivity index (χ3v) is 5.85. The zero-order valence-corrected chi connectivity index (χ0v) is 15.1. The van der Waals surface area contributed by atoms with E-state index in [-0.39, 0.29) is 4.90 Å². The number of ether oxygens (including phenoxy) is 1. The van der Waals surface area contributed by atoms with Crippen LogP contribution in [0.1, 0.15) is 18.4 Å². The highest BCUT2D eigenvalue weighted by Crippen LogP contribution is 2.33. The number of hydrogen-bond donors (Lipinski definition) is 1. The van der Waals surface area contributed by atoms with Gasteiger partial charge < -0.3 is 9.64 Å². The van der Waals surface area contributed by atoms with Crippen LogP contribution in [0.2, 0.25) is 0 Å². The summed E-state index contributed by atoms with van der Waals surface area (Å²) in [6, 6.07) is 9.06. The van der Waals surface area contributed by atoms with E-state index >= 15 is 0 Å². The second-order valence-corrected chi connectivity index (χ2v) is 7.74. The Morgan fingerprint density at radius 2 is 1.84 bits per heavy atom. The van der Waals surface area contributed by atoms with Crippen molar-refractivity contribution in [3.05, 3.63) is 47.8 Å². The quantitative estimate of drug-likeness (QED) is 0.882. The summed E-state index contributed by atoms with van der Waals surface area (Å²) in [6.45, 7) is 3.47. The molecule has 0 atom stereocenters. The van der Waals surface area contributed by atoms with E-state index in [4.69, 9.17) is 4.74 Å². The molecule has 1 heterocycles. The minimum atomic E-state index is -3.85. The van der Waals surface area contributed by atoms with Crippen molar-refractivity contribution in [2.45, 2.75) is 24.7 Å². The highest BCUT2D eigenvalue weighted by molar-refractivity contribution is 7.92. The first-order valence-corrected chi connectivity index (χ1v) is 9.61. The van der Waals surface area contributed by atoms with Gasteiger partial charge in [0.25, 0.3) is 10.0 Å². The standard InChI is InChI=1S/C18H21FN2O3S/c1-13-11-14(19)5-8-18(13)25(22,23)20-16-12-15(6-7-17(16)24-2)21-9-3-4-10-21/h5-8,11-12,20H,3-4,9-10H2,1-2H3. The zero-order valence-electron chi connectivity index (χ0n) is 14.3. The van der Waals surface area contributed by atoms with Gasteiger partial charge in [-0.05, 0) is 61.7 Å². The fourth-order valence-corrected chi connectivity index (χ4v) is 4.35. The molecule has 0 unspecified atom stereocenters. The summed E-state index contributed by atoms with van der Waals surface area (Å²) >= 11 is 0. The van der Waals surface area contributed by atoms with Crippen LogP contribution in [0.15, 0.2) is 41.3 Å². The molecule has 1 saturated heterocycles. The van der Waals surface area contributed by atoms with E-state index in [2.05, 4.69) is 9.62 Å². The van der Waals surface area contributed by atoms with Crippen molar-refractivity contribution in [2.24, 2.45) is 0 Å². The Bertz CT molecular complexity index is 878. The molecule has 25 heavy (non-hydrogen) atoms. The molecule has 1 aliphatic rings. The Hall–Kier alpha value is -2.28. The lowest BCUT2D eigenvalue weighted by Crippen LogP contribution is -2.19. The second-order valence-electron chi connectivity index (χ2n) is 6.09. The molecule has 1 fully saturated rings. The maximum Gasteiger partial charge on any atom is 0.262 e. The molecule has 0 radical (unpaired) electrons. The molecular formula is C18H21FN2O3S. The van der Waals surface area contributed by atoms with Crippen LogP contribution in [0.4, 0.5) is 15.8 Å². The molecule has 7 heteroatoms. The normalized spacial score (nSPS) is 14.6. The third-order valence-electron chi connectivity index (χ3n) is 4.33. The van der Waals surface area contributed by atoms with Gasteiger partial charge in [0.1, 0.15) is 11.6 Å². The fraction of sp³-hybridized carbons (Fsp3) is 0.333. The van der Waals surface area contributed by atoms with Gasteiger partial charge in [-0.1, -0.05) is 0 Å². The number of rotatable bonds is 5. The lowest BCUT2D eigenvalue weighted by Gasteiger charge is -2.20. The highest BCUT2D eigenvalue weighted by atomic mass is 32.2. The third kappa shape index (κ3) is 3.71. The average molecular weight is 364 g/mol. The summed E-state index contributed by atoms with van der Waals surface area (Å²) in [4.78, 5) is 2.25. The van der Waals surface area contributed by atoms with Gasteiger partial charge in [-0.15, -0.1) is 0 Å². The Kier molecular flexibility index (Phi) is 4.85. The summed E-state index contributed by atoms with van der Waals surface area (Å²) < 4.78 is 46.6. The van der Waals surface area contributed by atoms with Gasteiger partial charge in [0.2, 0.25) is 0 Å². The minimum Gasteiger partial charge on any atom is -0.495 e. The molecule has 5 nitrogen and oxygen atoms in total. The van der Waals surface area contributed by atoms with Crippen molar-refractivity contribution >= 4 is 21.4 Å².